The molecule has 0 bridgehead atoms. The highest BCUT2D eigenvalue weighted by molar-refractivity contribution is 7.89. The van der Waals surface area contributed by atoms with Gasteiger partial charge in [-0.05, 0) is 25.7 Å². The topological polar surface area (TPSA) is 55.2 Å². The second-order valence-electron chi connectivity index (χ2n) is 4.64. The first kappa shape index (κ1) is 12.6. The van der Waals surface area contributed by atoms with E-state index in [1.807, 2.05) is 6.92 Å². The Kier molecular flexibility index (Phi) is 3.53. The number of sulfonamides is 1. The van der Waals surface area contributed by atoms with E-state index < -0.39 is 10.0 Å². The number of hydrogen-bond acceptors (Lipinski definition) is 3. The number of piperidine rings is 1. The van der Waals surface area contributed by atoms with E-state index in [1.165, 1.54) is 6.20 Å². The van der Waals surface area contributed by atoms with Gasteiger partial charge in [0.2, 0.25) is 10.0 Å². The van der Waals surface area contributed by atoms with Gasteiger partial charge in [0.25, 0.3) is 0 Å². The summed E-state index contributed by atoms with van der Waals surface area (Å²) in [4.78, 5) is 0.313. The second kappa shape index (κ2) is 4.78. The van der Waals surface area contributed by atoms with Crippen molar-refractivity contribution in [3.8, 4) is 0 Å². The van der Waals surface area contributed by atoms with Crippen molar-refractivity contribution in [1.29, 1.82) is 0 Å². The lowest BCUT2D eigenvalue weighted by Gasteiger charge is -2.29. The molecule has 1 aromatic heterocycles. The average molecular weight is 257 g/mol. The number of aryl methyl sites for hydroxylation is 1. The molecule has 0 N–H and O–H groups in total. The van der Waals surface area contributed by atoms with Crippen LogP contribution in [0.3, 0.4) is 0 Å². The Labute approximate surface area is 102 Å². The molecule has 0 radical (unpaired) electrons. The van der Waals surface area contributed by atoms with Crippen LogP contribution in [0.2, 0.25) is 0 Å². The quantitative estimate of drug-likeness (QED) is 0.820. The maximum absolute atomic E-state index is 12.3. The van der Waals surface area contributed by atoms with Crippen molar-refractivity contribution in [1.82, 2.24) is 14.1 Å². The highest BCUT2D eigenvalue weighted by atomic mass is 32.2. The minimum atomic E-state index is -3.33. The van der Waals surface area contributed by atoms with Gasteiger partial charge in [-0.2, -0.15) is 9.40 Å². The van der Waals surface area contributed by atoms with Crippen molar-refractivity contribution < 1.29 is 8.42 Å². The summed E-state index contributed by atoms with van der Waals surface area (Å²) in [7, 11) is -3.33. The highest BCUT2D eigenvalue weighted by Gasteiger charge is 2.29. The molecule has 6 heteroatoms. The van der Waals surface area contributed by atoms with E-state index in [2.05, 4.69) is 12.0 Å². The summed E-state index contributed by atoms with van der Waals surface area (Å²) in [6.45, 7) is 5.97. The van der Waals surface area contributed by atoms with Crippen molar-refractivity contribution in [2.24, 2.45) is 5.92 Å². The lowest BCUT2D eigenvalue weighted by atomic mass is 10.0. The number of hydrogen-bond donors (Lipinski definition) is 0. The van der Waals surface area contributed by atoms with Crippen LogP contribution >= 0.6 is 0 Å². The second-order valence-corrected chi connectivity index (χ2v) is 6.58. The predicted molar refractivity (Wildman–Crippen MR) is 65.1 cm³/mol. The molecule has 1 aliphatic heterocycles. The van der Waals surface area contributed by atoms with E-state index in [0.29, 0.717) is 30.4 Å². The molecule has 1 aliphatic rings. The smallest absolute Gasteiger partial charge is 0.246 e. The minimum Gasteiger partial charge on any atom is -0.272 e. The summed E-state index contributed by atoms with van der Waals surface area (Å²) in [5, 5.41) is 4.03. The minimum absolute atomic E-state index is 0.313. The molecule has 1 atom stereocenters. The zero-order valence-electron chi connectivity index (χ0n) is 10.3. The van der Waals surface area contributed by atoms with E-state index >= 15 is 0 Å². The fourth-order valence-electron chi connectivity index (χ4n) is 2.16. The van der Waals surface area contributed by atoms with Crippen LogP contribution in [0.1, 0.15) is 26.7 Å². The molecule has 17 heavy (non-hydrogen) atoms. The number of rotatable bonds is 3. The van der Waals surface area contributed by atoms with Gasteiger partial charge in [0, 0.05) is 25.8 Å². The van der Waals surface area contributed by atoms with E-state index in [4.69, 9.17) is 0 Å². The predicted octanol–water partition coefficient (Wildman–Crippen LogP) is 1.32. The van der Waals surface area contributed by atoms with Gasteiger partial charge in [-0.1, -0.05) is 6.92 Å². The lowest BCUT2D eigenvalue weighted by Crippen LogP contribution is -2.38. The van der Waals surface area contributed by atoms with E-state index in [0.717, 1.165) is 12.8 Å². The molecule has 0 aromatic carbocycles. The molecular weight excluding hydrogens is 238 g/mol. The van der Waals surface area contributed by atoms with Crippen LogP contribution in [-0.4, -0.2) is 35.6 Å². The van der Waals surface area contributed by atoms with Gasteiger partial charge in [0.15, 0.2) is 0 Å². The fraction of sp³-hybridized carbons (Fsp3) is 0.727. The standard InChI is InChI=1S/C11H19N3O2S/c1-3-13-9-11(7-12-13)17(15,16)14-6-4-5-10(2)8-14/h7,9-10H,3-6,8H2,1-2H3/t10-/m0/s1. The van der Waals surface area contributed by atoms with Gasteiger partial charge >= 0.3 is 0 Å². The molecule has 0 amide bonds. The Morgan fingerprint density at radius 2 is 2.29 bits per heavy atom. The van der Waals surface area contributed by atoms with E-state index in [-0.39, 0.29) is 0 Å². The first-order valence-corrected chi connectivity index (χ1v) is 7.50. The first-order valence-electron chi connectivity index (χ1n) is 6.06. The summed E-state index contributed by atoms with van der Waals surface area (Å²) in [5.41, 5.74) is 0. The molecule has 96 valence electrons. The average Bonchev–Trinajstić information content (AvgIpc) is 2.78. The Morgan fingerprint density at radius 3 is 2.88 bits per heavy atom. The molecular formula is C11H19N3O2S. The van der Waals surface area contributed by atoms with Crippen molar-refractivity contribution in [3.63, 3.8) is 0 Å². The van der Waals surface area contributed by atoms with Gasteiger partial charge in [-0.25, -0.2) is 8.42 Å². The van der Waals surface area contributed by atoms with Crippen LogP contribution in [0.5, 0.6) is 0 Å². The molecule has 0 saturated carbocycles. The number of nitrogens with zero attached hydrogens (tertiary/aromatic N) is 3. The fourth-order valence-corrected chi connectivity index (χ4v) is 3.72. The van der Waals surface area contributed by atoms with Gasteiger partial charge in [-0.15, -0.1) is 0 Å². The third kappa shape index (κ3) is 2.52. The maximum atomic E-state index is 12.3. The molecule has 2 heterocycles. The molecule has 2 rings (SSSR count). The van der Waals surface area contributed by atoms with Crippen LogP contribution < -0.4 is 0 Å². The van der Waals surface area contributed by atoms with Gasteiger partial charge in [0.1, 0.15) is 4.90 Å². The summed E-state index contributed by atoms with van der Waals surface area (Å²) in [6, 6.07) is 0. The Hall–Kier alpha value is -0.880. The molecule has 1 aromatic rings. The van der Waals surface area contributed by atoms with Crippen LogP contribution in [0.25, 0.3) is 0 Å². The third-order valence-corrected chi connectivity index (χ3v) is 5.01. The van der Waals surface area contributed by atoms with Gasteiger partial charge < -0.3 is 0 Å². The maximum Gasteiger partial charge on any atom is 0.246 e. The van der Waals surface area contributed by atoms with Crippen molar-refractivity contribution in [2.75, 3.05) is 13.1 Å². The Balaban J connectivity index is 2.23. The van der Waals surface area contributed by atoms with Crippen LogP contribution in [-0.2, 0) is 16.6 Å². The van der Waals surface area contributed by atoms with Crippen LogP contribution in [0, 0.1) is 5.92 Å². The zero-order valence-corrected chi connectivity index (χ0v) is 11.2. The molecule has 1 saturated heterocycles. The van der Waals surface area contributed by atoms with E-state index in [1.54, 1.807) is 15.2 Å². The summed E-state index contributed by atoms with van der Waals surface area (Å²) >= 11 is 0. The zero-order chi connectivity index (χ0) is 12.5. The number of aromatic nitrogens is 2. The highest BCUT2D eigenvalue weighted by Crippen LogP contribution is 2.22. The summed E-state index contributed by atoms with van der Waals surface area (Å²) in [6.07, 6.45) is 5.11. The summed E-state index contributed by atoms with van der Waals surface area (Å²) < 4.78 is 27.9. The monoisotopic (exact) mass is 257 g/mol. The summed E-state index contributed by atoms with van der Waals surface area (Å²) in [5.74, 6) is 0.444. The largest absolute Gasteiger partial charge is 0.272 e. The van der Waals surface area contributed by atoms with Crippen molar-refractivity contribution in [3.05, 3.63) is 12.4 Å². The Bertz CT molecular complexity index is 481. The van der Waals surface area contributed by atoms with Gasteiger partial charge in [-0.3, -0.25) is 4.68 Å². The first-order chi connectivity index (χ1) is 8.04. The lowest BCUT2D eigenvalue weighted by molar-refractivity contribution is 0.281. The molecule has 1 fully saturated rings. The molecule has 0 aliphatic carbocycles. The molecule has 0 spiro atoms. The normalized spacial score (nSPS) is 22.8. The SMILES string of the molecule is CCn1cc(S(=O)(=O)N2CCC[C@H](C)C2)cn1. The van der Waals surface area contributed by atoms with Crippen molar-refractivity contribution >= 4 is 10.0 Å². The van der Waals surface area contributed by atoms with Crippen LogP contribution in [0.15, 0.2) is 17.3 Å². The molecule has 5 nitrogen and oxygen atoms in total. The Morgan fingerprint density at radius 1 is 1.53 bits per heavy atom. The molecule has 0 unspecified atom stereocenters. The third-order valence-electron chi connectivity index (χ3n) is 3.19. The van der Waals surface area contributed by atoms with Gasteiger partial charge in [0.05, 0.1) is 6.20 Å². The van der Waals surface area contributed by atoms with E-state index in [9.17, 15) is 8.42 Å². The van der Waals surface area contributed by atoms with Crippen LogP contribution in [0.4, 0.5) is 0 Å². The van der Waals surface area contributed by atoms with Crippen molar-refractivity contribution in [2.45, 2.75) is 38.1 Å².